The van der Waals surface area contributed by atoms with E-state index in [0.717, 1.165) is 71.6 Å². The lowest BCUT2D eigenvalue weighted by Crippen LogP contribution is -2.03. The fraction of sp³-hybridized carbons (Fsp3) is 0. The zero-order chi connectivity index (χ0) is 34.2. The van der Waals surface area contributed by atoms with E-state index in [4.69, 9.17) is 14.4 Å². The van der Waals surface area contributed by atoms with Crippen LogP contribution in [-0.4, -0.2) is 14.5 Å². The fourth-order valence-corrected chi connectivity index (χ4v) is 7.93. The van der Waals surface area contributed by atoms with Crippen LogP contribution < -0.4 is 0 Å². The number of rotatable bonds is 4. The van der Waals surface area contributed by atoms with Gasteiger partial charge in [-0.15, -0.1) is 0 Å². The van der Waals surface area contributed by atoms with Gasteiger partial charge >= 0.3 is 0 Å². The Labute approximate surface area is 298 Å². The first-order chi connectivity index (χ1) is 25.8. The topological polar surface area (TPSA) is 43.9 Å². The van der Waals surface area contributed by atoms with Gasteiger partial charge in [0, 0.05) is 32.5 Å². The molecule has 0 unspecified atom stereocenters. The molecule has 242 valence electrons. The molecule has 11 rings (SSSR count). The normalized spacial score (nSPS) is 11.8. The SMILES string of the molecule is c1ccc(-c2ccc(-c3nc(-n4c5ccc(-c6ccc7oc8ccccc8c7c6)cc5c5c6ccccc6ccc54)nc4ccccc34)cc2)cc1. The molecule has 11 aromatic rings. The van der Waals surface area contributed by atoms with Crippen molar-refractivity contribution in [3.8, 4) is 39.5 Å². The van der Waals surface area contributed by atoms with E-state index >= 15 is 0 Å². The maximum Gasteiger partial charge on any atom is 0.235 e. The molecule has 3 heterocycles. The number of para-hydroxylation sites is 2. The summed E-state index contributed by atoms with van der Waals surface area (Å²) in [6.45, 7) is 0. The van der Waals surface area contributed by atoms with Crippen molar-refractivity contribution in [3.05, 3.63) is 176 Å². The van der Waals surface area contributed by atoms with Crippen molar-refractivity contribution in [2.45, 2.75) is 0 Å². The summed E-state index contributed by atoms with van der Waals surface area (Å²) >= 11 is 0. The highest BCUT2D eigenvalue weighted by Crippen LogP contribution is 2.40. The minimum absolute atomic E-state index is 0.648. The highest BCUT2D eigenvalue weighted by molar-refractivity contribution is 6.22. The van der Waals surface area contributed by atoms with Crippen LogP contribution in [-0.2, 0) is 0 Å². The first kappa shape index (κ1) is 28.8. The standard InChI is InChI=1S/C48H29N3O/c1-2-10-30(11-3-1)31-18-20-33(21-19-31)47-38-15-6-8-16-41(38)49-48(50-47)51-42-25-23-34(29-40(42)46-36-13-5-4-12-32(36)22-26-43(46)51)35-24-27-45-39(28-35)37-14-7-9-17-44(37)52-45/h1-29H. The van der Waals surface area contributed by atoms with E-state index in [2.05, 4.69) is 156 Å². The molecule has 4 nitrogen and oxygen atoms in total. The van der Waals surface area contributed by atoms with Crippen LogP contribution in [0, 0.1) is 0 Å². The van der Waals surface area contributed by atoms with Crippen LogP contribution >= 0.6 is 0 Å². The molecule has 8 aromatic carbocycles. The van der Waals surface area contributed by atoms with Crippen LogP contribution in [0.3, 0.4) is 0 Å². The van der Waals surface area contributed by atoms with Crippen LogP contribution in [0.2, 0.25) is 0 Å². The first-order valence-corrected chi connectivity index (χ1v) is 17.6. The lowest BCUT2D eigenvalue weighted by molar-refractivity contribution is 0.669. The second-order valence-electron chi connectivity index (χ2n) is 13.4. The Hall–Kier alpha value is -7.04. The minimum Gasteiger partial charge on any atom is -0.456 e. The number of nitrogens with zero attached hydrogens (tertiary/aromatic N) is 3. The highest BCUT2D eigenvalue weighted by Gasteiger charge is 2.20. The third-order valence-electron chi connectivity index (χ3n) is 10.4. The summed E-state index contributed by atoms with van der Waals surface area (Å²) < 4.78 is 8.39. The molecule has 0 atom stereocenters. The average molecular weight is 664 g/mol. The third kappa shape index (κ3) is 4.41. The molecule has 0 saturated heterocycles. The lowest BCUT2D eigenvalue weighted by atomic mass is 9.99. The predicted octanol–water partition coefficient (Wildman–Crippen LogP) is 12.8. The van der Waals surface area contributed by atoms with Crippen molar-refractivity contribution in [2.24, 2.45) is 0 Å². The molecule has 0 aliphatic heterocycles. The first-order valence-electron chi connectivity index (χ1n) is 17.6. The van der Waals surface area contributed by atoms with Crippen molar-refractivity contribution in [1.29, 1.82) is 0 Å². The molecule has 0 aliphatic carbocycles. The van der Waals surface area contributed by atoms with Crippen LogP contribution in [0.1, 0.15) is 0 Å². The second-order valence-corrected chi connectivity index (χ2v) is 13.4. The molecule has 0 N–H and O–H groups in total. The summed E-state index contributed by atoms with van der Waals surface area (Å²) in [5, 5.41) is 8.02. The van der Waals surface area contributed by atoms with E-state index in [9.17, 15) is 0 Å². The molecule has 0 radical (unpaired) electrons. The van der Waals surface area contributed by atoms with Gasteiger partial charge in [0.05, 0.1) is 22.2 Å². The molecule has 52 heavy (non-hydrogen) atoms. The van der Waals surface area contributed by atoms with Gasteiger partial charge in [0.1, 0.15) is 11.2 Å². The van der Waals surface area contributed by atoms with Gasteiger partial charge in [-0.2, -0.15) is 0 Å². The maximum atomic E-state index is 6.15. The zero-order valence-electron chi connectivity index (χ0n) is 28.0. The van der Waals surface area contributed by atoms with E-state index in [0.29, 0.717) is 5.95 Å². The monoisotopic (exact) mass is 663 g/mol. The molecule has 0 fully saturated rings. The van der Waals surface area contributed by atoms with E-state index in [1.54, 1.807) is 0 Å². The van der Waals surface area contributed by atoms with Gasteiger partial charge in [-0.25, -0.2) is 9.97 Å². The highest BCUT2D eigenvalue weighted by atomic mass is 16.3. The van der Waals surface area contributed by atoms with Gasteiger partial charge in [0.2, 0.25) is 5.95 Å². The molecule has 0 bridgehead atoms. The minimum atomic E-state index is 0.648. The molecule has 0 spiro atoms. The Kier molecular flexibility index (Phi) is 6.22. The summed E-state index contributed by atoms with van der Waals surface area (Å²) in [5.74, 6) is 0.648. The van der Waals surface area contributed by atoms with E-state index < -0.39 is 0 Å². The van der Waals surface area contributed by atoms with Gasteiger partial charge in [-0.3, -0.25) is 4.57 Å². The van der Waals surface area contributed by atoms with Gasteiger partial charge < -0.3 is 4.42 Å². The van der Waals surface area contributed by atoms with Crippen LogP contribution in [0.25, 0.3) is 105 Å². The smallest absolute Gasteiger partial charge is 0.235 e. The van der Waals surface area contributed by atoms with E-state index in [-0.39, 0.29) is 0 Å². The Balaban J connectivity index is 1.15. The number of furan rings is 1. The van der Waals surface area contributed by atoms with E-state index in [1.807, 2.05) is 24.3 Å². The van der Waals surface area contributed by atoms with E-state index in [1.165, 1.54) is 27.3 Å². The number of aromatic nitrogens is 3. The molecular formula is C48H29N3O. The molecular weight excluding hydrogens is 635 g/mol. The number of benzene rings is 8. The van der Waals surface area contributed by atoms with Gasteiger partial charge in [0.25, 0.3) is 0 Å². The second kappa shape index (κ2) is 11.2. The van der Waals surface area contributed by atoms with Crippen molar-refractivity contribution in [3.63, 3.8) is 0 Å². The Morgan fingerprint density at radius 3 is 1.87 bits per heavy atom. The summed E-state index contributed by atoms with van der Waals surface area (Å²) in [6, 6.07) is 62.0. The summed E-state index contributed by atoms with van der Waals surface area (Å²) in [7, 11) is 0. The van der Waals surface area contributed by atoms with Crippen molar-refractivity contribution in [2.75, 3.05) is 0 Å². The molecule has 0 amide bonds. The van der Waals surface area contributed by atoms with Crippen molar-refractivity contribution >= 4 is 65.4 Å². The predicted molar refractivity (Wildman–Crippen MR) is 215 cm³/mol. The van der Waals surface area contributed by atoms with Crippen LogP contribution in [0.5, 0.6) is 0 Å². The fourth-order valence-electron chi connectivity index (χ4n) is 7.93. The largest absolute Gasteiger partial charge is 0.456 e. The van der Waals surface area contributed by atoms with Gasteiger partial charge in [-0.1, -0.05) is 133 Å². The van der Waals surface area contributed by atoms with Gasteiger partial charge in [0.15, 0.2) is 0 Å². The number of hydrogen-bond donors (Lipinski definition) is 0. The molecule has 4 heteroatoms. The van der Waals surface area contributed by atoms with Crippen molar-refractivity contribution in [1.82, 2.24) is 14.5 Å². The summed E-state index contributed by atoms with van der Waals surface area (Å²) in [5.41, 5.74) is 11.5. The number of fused-ring (bicyclic) bond motifs is 9. The third-order valence-corrected chi connectivity index (χ3v) is 10.4. The molecule has 0 aliphatic rings. The van der Waals surface area contributed by atoms with Gasteiger partial charge in [-0.05, 0) is 75.5 Å². The number of hydrogen-bond acceptors (Lipinski definition) is 3. The average Bonchev–Trinajstić information content (AvgIpc) is 3.76. The summed E-state index contributed by atoms with van der Waals surface area (Å²) in [6.07, 6.45) is 0. The van der Waals surface area contributed by atoms with Crippen LogP contribution in [0.4, 0.5) is 0 Å². The lowest BCUT2D eigenvalue weighted by Gasteiger charge is -2.12. The zero-order valence-corrected chi connectivity index (χ0v) is 28.0. The Morgan fingerprint density at radius 1 is 0.385 bits per heavy atom. The Bertz CT molecular complexity index is 3170. The van der Waals surface area contributed by atoms with Crippen LogP contribution in [0.15, 0.2) is 180 Å². The summed E-state index contributed by atoms with van der Waals surface area (Å²) in [4.78, 5) is 10.6. The molecule has 3 aromatic heterocycles. The molecule has 0 saturated carbocycles. The van der Waals surface area contributed by atoms with Crippen molar-refractivity contribution < 1.29 is 4.42 Å². The maximum absolute atomic E-state index is 6.15. The quantitative estimate of drug-likeness (QED) is 0.188. The Morgan fingerprint density at radius 2 is 1.00 bits per heavy atom.